The molecule has 0 saturated carbocycles. The first-order valence-corrected chi connectivity index (χ1v) is 4.26. The van der Waals surface area contributed by atoms with Gasteiger partial charge in [0.1, 0.15) is 0 Å². The van der Waals surface area contributed by atoms with Crippen LogP contribution in [0.25, 0.3) is 0 Å². The van der Waals surface area contributed by atoms with Crippen molar-refractivity contribution in [2.24, 2.45) is 0 Å². The van der Waals surface area contributed by atoms with Crippen LogP contribution in [-0.4, -0.2) is 17.6 Å². The van der Waals surface area contributed by atoms with Gasteiger partial charge in [-0.15, -0.1) is 0 Å². The molecule has 1 aromatic rings. The van der Waals surface area contributed by atoms with Crippen LogP contribution < -0.4 is 0 Å². The van der Waals surface area contributed by atoms with Gasteiger partial charge in [0.2, 0.25) is 0 Å². The molecular weight excluding hydrogens is 180 g/mol. The molecule has 0 unspecified atom stereocenters. The number of pyridine rings is 1. The van der Waals surface area contributed by atoms with Crippen LogP contribution >= 0.6 is 0 Å². The zero-order valence-corrected chi connectivity index (χ0v) is 7.86. The average molecular weight is 190 g/mol. The summed E-state index contributed by atoms with van der Waals surface area (Å²) in [7, 11) is 0. The van der Waals surface area contributed by atoms with Crippen LogP contribution in [-0.2, 0) is 11.2 Å². The summed E-state index contributed by atoms with van der Waals surface area (Å²) in [5, 5.41) is 8.53. The fraction of sp³-hybridized carbons (Fsp3) is 0.300. The van der Waals surface area contributed by atoms with Crippen molar-refractivity contribution in [3.8, 4) is 6.07 Å². The van der Waals surface area contributed by atoms with Crippen molar-refractivity contribution in [1.29, 1.82) is 5.26 Å². The number of aromatic nitrogens is 1. The van der Waals surface area contributed by atoms with E-state index in [1.165, 1.54) is 6.20 Å². The predicted molar refractivity (Wildman–Crippen MR) is 49.5 cm³/mol. The molecule has 14 heavy (non-hydrogen) atoms. The number of nitrogens with zero attached hydrogens (tertiary/aromatic N) is 2. The van der Waals surface area contributed by atoms with Crippen molar-refractivity contribution in [3.63, 3.8) is 0 Å². The summed E-state index contributed by atoms with van der Waals surface area (Å²) in [6.07, 6.45) is 3.16. The van der Waals surface area contributed by atoms with E-state index in [2.05, 4.69) is 4.98 Å². The highest BCUT2D eigenvalue weighted by atomic mass is 16.5. The van der Waals surface area contributed by atoms with Gasteiger partial charge in [-0.2, -0.15) is 5.26 Å². The Balaban J connectivity index is 2.95. The summed E-state index contributed by atoms with van der Waals surface area (Å²) in [5.74, 6) is -0.425. The van der Waals surface area contributed by atoms with Crippen molar-refractivity contribution >= 4 is 5.97 Å². The lowest BCUT2D eigenvalue weighted by atomic mass is 10.1. The molecule has 72 valence electrons. The SMILES string of the molecule is CCOC(=O)c1cnccc1CC#N. The Morgan fingerprint density at radius 3 is 3.14 bits per heavy atom. The zero-order valence-electron chi connectivity index (χ0n) is 7.86. The van der Waals surface area contributed by atoms with Gasteiger partial charge in [-0.05, 0) is 18.6 Å². The van der Waals surface area contributed by atoms with Crippen molar-refractivity contribution < 1.29 is 9.53 Å². The Kier molecular flexibility index (Phi) is 3.62. The van der Waals surface area contributed by atoms with Gasteiger partial charge in [-0.1, -0.05) is 0 Å². The fourth-order valence-electron chi connectivity index (χ4n) is 1.06. The molecule has 0 aliphatic carbocycles. The van der Waals surface area contributed by atoms with E-state index < -0.39 is 5.97 Å². The van der Waals surface area contributed by atoms with Gasteiger partial charge >= 0.3 is 5.97 Å². The number of esters is 1. The zero-order chi connectivity index (χ0) is 10.4. The number of hydrogen-bond donors (Lipinski definition) is 0. The van der Waals surface area contributed by atoms with Crippen LogP contribution in [0.15, 0.2) is 18.5 Å². The van der Waals surface area contributed by atoms with Gasteiger partial charge < -0.3 is 4.74 Å². The smallest absolute Gasteiger partial charge is 0.340 e. The van der Waals surface area contributed by atoms with Gasteiger partial charge in [-0.25, -0.2) is 4.79 Å². The van der Waals surface area contributed by atoms with Crippen LogP contribution in [0.2, 0.25) is 0 Å². The molecule has 0 saturated heterocycles. The minimum Gasteiger partial charge on any atom is -0.462 e. The number of carbonyl (C=O) groups is 1. The monoisotopic (exact) mass is 190 g/mol. The third-order valence-corrected chi connectivity index (χ3v) is 1.68. The maximum atomic E-state index is 11.4. The van der Waals surface area contributed by atoms with Gasteiger partial charge in [0.25, 0.3) is 0 Å². The first kappa shape index (κ1) is 10.2. The summed E-state index contributed by atoms with van der Waals surface area (Å²) >= 11 is 0. The van der Waals surface area contributed by atoms with Gasteiger partial charge in [0.15, 0.2) is 0 Å². The summed E-state index contributed by atoms with van der Waals surface area (Å²) in [4.78, 5) is 15.2. The summed E-state index contributed by atoms with van der Waals surface area (Å²) in [5.41, 5.74) is 1.02. The predicted octanol–water partition coefficient (Wildman–Crippen LogP) is 1.32. The molecule has 0 aromatic carbocycles. The third kappa shape index (κ3) is 2.30. The Labute approximate surface area is 82.1 Å². The van der Waals surface area contributed by atoms with Gasteiger partial charge in [0.05, 0.1) is 24.7 Å². The maximum absolute atomic E-state index is 11.4. The molecular formula is C10H10N2O2. The highest BCUT2D eigenvalue weighted by Gasteiger charge is 2.11. The Bertz CT molecular complexity index is 369. The van der Waals surface area contributed by atoms with Crippen molar-refractivity contribution in [1.82, 2.24) is 4.98 Å². The second-order valence-corrected chi connectivity index (χ2v) is 2.59. The molecule has 0 radical (unpaired) electrons. The first-order valence-electron chi connectivity index (χ1n) is 4.26. The van der Waals surface area contributed by atoms with Crippen LogP contribution in [0, 0.1) is 11.3 Å². The van der Waals surface area contributed by atoms with E-state index in [0.717, 1.165) is 0 Å². The van der Waals surface area contributed by atoms with Crippen molar-refractivity contribution in [2.45, 2.75) is 13.3 Å². The molecule has 0 amide bonds. The molecule has 0 spiro atoms. The lowest BCUT2D eigenvalue weighted by Crippen LogP contribution is -2.08. The Morgan fingerprint density at radius 1 is 1.71 bits per heavy atom. The molecule has 0 atom stereocenters. The lowest BCUT2D eigenvalue weighted by molar-refractivity contribution is 0.0525. The van der Waals surface area contributed by atoms with E-state index in [9.17, 15) is 4.79 Å². The van der Waals surface area contributed by atoms with E-state index in [-0.39, 0.29) is 6.42 Å². The number of ether oxygens (including phenoxy) is 1. The molecule has 1 rings (SSSR count). The maximum Gasteiger partial charge on any atom is 0.340 e. The average Bonchev–Trinajstić information content (AvgIpc) is 2.19. The van der Waals surface area contributed by atoms with Crippen LogP contribution in [0.3, 0.4) is 0 Å². The number of nitriles is 1. The minimum atomic E-state index is -0.425. The highest BCUT2D eigenvalue weighted by Crippen LogP contribution is 2.08. The Morgan fingerprint density at radius 2 is 2.50 bits per heavy atom. The lowest BCUT2D eigenvalue weighted by Gasteiger charge is -2.04. The second kappa shape index (κ2) is 4.97. The minimum absolute atomic E-state index is 0.191. The van der Waals surface area contributed by atoms with E-state index in [0.29, 0.717) is 17.7 Å². The fourth-order valence-corrected chi connectivity index (χ4v) is 1.06. The van der Waals surface area contributed by atoms with E-state index >= 15 is 0 Å². The van der Waals surface area contributed by atoms with E-state index in [1.807, 2.05) is 6.07 Å². The summed E-state index contributed by atoms with van der Waals surface area (Å²) in [6.45, 7) is 2.05. The third-order valence-electron chi connectivity index (χ3n) is 1.68. The summed E-state index contributed by atoms with van der Waals surface area (Å²) in [6, 6.07) is 3.63. The Hall–Kier alpha value is -1.89. The van der Waals surface area contributed by atoms with Crippen molar-refractivity contribution in [3.05, 3.63) is 29.6 Å². The molecule has 0 N–H and O–H groups in total. The molecule has 0 fully saturated rings. The van der Waals surface area contributed by atoms with E-state index in [4.69, 9.17) is 10.00 Å². The molecule has 0 aliphatic heterocycles. The van der Waals surface area contributed by atoms with E-state index in [1.54, 1.807) is 19.2 Å². The summed E-state index contributed by atoms with van der Waals surface area (Å²) < 4.78 is 4.83. The number of rotatable bonds is 3. The molecule has 1 heterocycles. The standard InChI is InChI=1S/C10H10N2O2/c1-2-14-10(13)9-7-12-6-4-8(9)3-5-11/h4,6-7H,2-3H2,1H3. The molecule has 1 aromatic heterocycles. The van der Waals surface area contributed by atoms with Gasteiger partial charge in [0, 0.05) is 12.4 Å². The van der Waals surface area contributed by atoms with Gasteiger partial charge in [-0.3, -0.25) is 4.98 Å². The number of carbonyl (C=O) groups excluding carboxylic acids is 1. The normalized spacial score (nSPS) is 9.14. The molecule has 4 heteroatoms. The largest absolute Gasteiger partial charge is 0.462 e. The first-order chi connectivity index (χ1) is 6.79. The van der Waals surface area contributed by atoms with Crippen molar-refractivity contribution in [2.75, 3.05) is 6.61 Å². The molecule has 4 nitrogen and oxygen atoms in total. The highest BCUT2D eigenvalue weighted by molar-refractivity contribution is 5.90. The quantitative estimate of drug-likeness (QED) is 0.674. The van der Waals surface area contributed by atoms with Crippen LogP contribution in [0.5, 0.6) is 0 Å². The molecule has 0 aliphatic rings. The molecule has 0 bridgehead atoms. The van der Waals surface area contributed by atoms with Crippen LogP contribution in [0.1, 0.15) is 22.8 Å². The van der Waals surface area contributed by atoms with Crippen LogP contribution in [0.4, 0.5) is 0 Å². The second-order valence-electron chi connectivity index (χ2n) is 2.59. The number of hydrogen-bond acceptors (Lipinski definition) is 4. The topological polar surface area (TPSA) is 63.0 Å².